The maximum atomic E-state index is 12.3. The number of aryl methyl sites for hydroxylation is 1. The van der Waals surface area contributed by atoms with E-state index in [2.05, 4.69) is 40.6 Å². The van der Waals surface area contributed by atoms with Crippen molar-refractivity contribution in [2.75, 3.05) is 5.32 Å². The summed E-state index contributed by atoms with van der Waals surface area (Å²) in [6.07, 6.45) is 17.7. The minimum atomic E-state index is 0.222. The van der Waals surface area contributed by atoms with Crippen LogP contribution < -0.4 is 10.6 Å². The number of aromatic nitrogens is 3. The number of hydrogen-bond donors (Lipinski definition) is 2. The quantitative estimate of drug-likeness (QED) is 0.382. The minimum absolute atomic E-state index is 0.222. The maximum absolute atomic E-state index is 12.3. The third-order valence-corrected chi connectivity index (χ3v) is 6.33. The molecule has 2 aromatic heterocycles. The fourth-order valence-electron chi connectivity index (χ4n) is 4.62. The Kier molecular flexibility index (Phi) is 9.63. The SMILES string of the molecule is CCCCCCCCCCC(=O)N[C@@H]1CC[C@@H](Nc2cc(CCC)nc3ccnn23)C1. The molecule has 0 aliphatic heterocycles. The summed E-state index contributed by atoms with van der Waals surface area (Å²) in [4.78, 5) is 17.0. The van der Waals surface area contributed by atoms with Crippen molar-refractivity contribution in [2.24, 2.45) is 0 Å². The highest BCUT2D eigenvalue weighted by atomic mass is 16.1. The number of fused-ring (bicyclic) bond motifs is 1. The van der Waals surface area contributed by atoms with Crippen LogP contribution in [0, 0.1) is 0 Å². The van der Waals surface area contributed by atoms with Crippen LogP contribution in [-0.2, 0) is 11.2 Å². The highest BCUT2D eigenvalue weighted by Gasteiger charge is 2.26. The number of rotatable bonds is 14. The lowest BCUT2D eigenvalue weighted by Crippen LogP contribution is -2.33. The summed E-state index contributed by atoms with van der Waals surface area (Å²) in [6.45, 7) is 4.43. The summed E-state index contributed by atoms with van der Waals surface area (Å²) >= 11 is 0. The third-order valence-electron chi connectivity index (χ3n) is 6.33. The van der Waals surface area contributed by atoms with Gasteiger partial charge in [0.15, 0.2) is 5.65 Å². The Morgan fingerprint density at radius 3 is 2.55 bits per heavy atom. The Hall–Kier alpha value is -2.11. The van der Waals surface area contributed by atoms with Crippen molar-refractivity contribution >= 4 is 17.4 Å². The van der Waals surface area contributed by atoms with Gasteiger partial charge in [0.1, 0.15) is 5.82 Å². The average molecular weight is 428 g/mol. The van der Waals surface area contributed by atoms with Gasteiger partial charge in [-0.15, -0.1) is 0 Å². The van der Waals surface area contributed by atoms with Crippen molar-refractivity contribution in [2.45, 2.75) is 116 Å². The molecule has 1 aliphatic carbocycles. The van der Waals surface area contributed by atoms with Crippen molar-refractivity contribution in [1.29, 1.82) is 0 Å². The van der Waals surface area contributed by atoms with E-state index in [0.717, 1.165) is 55.7 Å². The van der Waals surface area contributed by atoms with Gasteiger partial charge < -0.3 is 10.6 Å². The second-order valence-corrected chi connectivity index (χ2v) is 9.13. The van der Waals surface area contributed by atoms with Crippen LogP contribution in [0.25, 0.3) is 5.65 Å². The lowest BCUT2D eigenvalue weighted by Gasteiger charge is -2.17. The molecule has 0 spiro atoms. The fraction of sp³-hybridized carbons (Fsp3) is 0.720. The number of nitrogens with one attached hydrogen (secondary N) is 2. The van der Waals surface area contributed by atoms with Gasteiger partial charge in [0, 0.05) is 36.3 Å². The van der Waals surface area contributed by atoms with Crippen LogP contribution in [0.3, 0.4) is 0 Å². The number of hydrogen-bond acceptors (Lipinski definition) is 4. The van der Waals surface area contributed by atoms with E-state index in [9.17, 15) is 4.79 Å². The van der Waals surface area contributed by atoms with E-state index in [1.54, 1.807) is 6.20 Å². The Labute approximate surface area is 187 Å². The topological polar surface area (TPSA) is 71.3 Å². The van der Waals surface area contributed by atoms with Gasteiger partial charge in [0.05, 0.1) is 6.20 Å². The summed E-state index contributed by atoms with van der Waals surface area (Å²) in [5.74, 6) is 1.23. The van der Waals surface area contributed by atoms with E-state index in [1.807, 2.05) is 10.6 Å². The first-order valence-corrected chi connectivity index (χ1v) is 12.6. The van der Waals surface area contributed by atoms with Crippen LogP contribution in [0.5, 0.6) is 0 Å². The second kappa shape index (κ2) is 12.7. The van der Waals surface area contributed by atoms with Gasteiger partial charge in [-0.2, -0.15) is 9.61 Å². The van der Waals surface area contributed by atoms with E-state index in [0.29, 0.717) is 12.5 Å². The molecule has 6 heteroatoms. The average Bonchev–Trinajstić information content (AvgIpc) is 3.40. The monoisotopic (exact) mass is 427 g/mol. The summed E-state index contributed by atoms with van der Waals surface area (Å²) in [5, 5.41) is 11.3. The maximum Gasteiger partial charge on any atom is 0.220 e. The highest BCUT2D eigenvalue weighted by molar-refractivity contribution is 5.76. The molecule has 0 aromatic carbocycles. The smallest absolute Gasteiger partial charge is 0.220 e. The fourth-order valence-corrected chi connectivity index (χ4v) is 4.62. The summed E-state index contributed by atoms with van der Waals surface area (Å²) in [7, 11) is 0. The van der Waals surface area contributed by atoms with Crippen LogP contribution in [0.4, 0.5) is 5.82 Å². The van der Waals surface area contributed by atoms with Crippen LogP contribution in [-0.4, -0.2) is 32.6 Å². The van der Waals surface area contributed by atoms with Crippen LogP contribution >= 0.6 is 0 Å². The van der Waals surface area contributed by atoms with Crippen molar-refractivity contribution in [1.82, 2.24) is 19.9 Å². The molecule has 6 nitrogen and oxygen atoms in total. The van der Waals surface area contributed by atoms with Crippen molar-refractivity contribution in [3.05, 3.63) is 24.0 Å². The predicted molar refractivity (Wildman–Crippen MR) is 127 cm³/mol. The minimum Gasteiger partial charge on any atom is -0.367 e. The second-order valence-electron chi connectivity index (χ2n) is 9.13. The zero-order valence-corrected chi connectivity index (χ0v) is 19.5. The Balaban J connectivity index is 1.37. The summed E-state index contributed by atoms with van der Waals surface area (Å²) < 4.78 is 1.88. The molecule has 1 aliphatic rings. The number of carbonyl (C=O) groups is 1. The zero-order valence-electron chi connectivity index (χ0n) is 19.5. The van der Waals surface area contributed by atoms with Gasteiger partial charge in [0.2, 0.25) is 5.91 Å². The number of carbonyl (C=O) groups excluding carboxylic acids is 1. The number of nitrogens with zero attached hydrogens (tertiary/aromatic N) is 3. The van der Waals surface area contributed by atoms with E-state index in [1.165, 1.54) is 44.9 Å². The Morgan fingerprint density at radius 2 is 1.77 bits per heavy atom. The predicted octanol–water partition coefficient (Wildman–Crippen LogP) is 5.66. The van der Waals surface area contributed by atoms with E-state index in [-0.39, 0.29) is 11.9 Å². The molecule has 1 saturated carbocycles. The molecule has 2 N–H and O–H groups in total. The standard InChI is InChI=1S/C25H41N5O/c1-3-5-6-7-8-9-10-11-13-25(31)29-22-15-14-21(18-22)28-24-19-20(12-4-2)27-23-16-17-26-30(23)24/h16-17,19,21-22,28H,3-15,18H2,1-2H3,(H,29,31)/t21-,22-/m1/s1. The lowest BCUT2D eigenvalue weighted by molar-refractivity contribution is -0.121. The molecular formula is C25H41N5O. The molecule has 2 atom stereocenters. The molecule has 0 unspecified atom stereocenters. The number of unbranched alkanes of at least 4 members (excludes halogenated alkanes) is 7. The molecule has 0 bridgehead atoms. The molecule has 2 aromatic rings. The first-order valence-electron chi connectivity index (χ1n) is 12.6. The van der Waals surface area contributed by atoms with Crippen LogP contribution in [0.15, 0.2) is 18.3 Å². The molecule has 172 valence electrons. The van der Waals surface area contributed by atoms with Gasteiger partial charge in [-0.25, -0.2) is 4.98 Å². The first-order chi connectivity index (χ1) is 15.2. The van der Waals surface area contributed by atoms with Crippen molar-refractivity contribution in [3.63, 3.8) is 0 Å². The summed E-state index contributed by atoms with van der Waals surface area (Å²) in [5.41, 5.74) is 1.99. The molecule has 1 fully saturated rings. The third kappa shape index (κ3) is 7.51. The first kappa shape index (κ1) is 23.6. The van der Waals surface area contributed by atoms with E-state index in [4.69, 9.17) is 0 Å². The molecule has 0 radical (unpaired) electrons. The van der Waals surface area contributed by atoms with Gasteiger partial charge in [-0.05, 0) is 32.1 Å². The van der Waals surface area contributed by atoms with Gasteiger partial charge in [0.25, 0.3) is 0 Å². The molecule has 3 rings (SSSR count). The Morgan fingerprint density at radius 1 is 1.03 bits per heavy atom. The molecule has 31 heavy (non-hydrogen) atoms. The number of anilines is 1. The van der Waals surface area contributed by atoms with Crippen molar-refractivity contribution < 1.29 is 4.79 Å². The Bertz CT molecular complexity index is 802. The molecular weight excluding hydrogens is 386 g/mol. The number of amides is 1. The van der Waals surface area contributed by atoms with Gasteiger partial charge >= 0.3 is 0 Å². The van der Waals surface area contributed by atoms with Gasteiger partial charge in [-0.3, -0.25) is 4.79 Å². The summed E-state index contributed by atoms with van der Waals surface area (Å²) in [6, 6.07) is 4.71. The zero-order chi connectivity index (χ0) is 21.9. The lowest BCUT2D eigenvalue weighted by atomic mass is 10.1. The van der Waals surface area contributed by atoms with E-state index >= 15 is 0 Å². The highest BCUT2D eigenvalue weighted by Crippen LogP contribution is 2.24. The largest absolute Gasteiger partial charge is 0.367 e. The normalized spacial score (nSPS) is 18.5. The molecule has 0 saturated heterocycles. The van der Waals surface area contributed by atoms with E-state index < -0.39 is 0 Å². The molecule has 2 heterocycles. The van der Waals surface area contributed by atoms with Crippen LogP contribution in [0.2, 0.25) is 0 Å². The molecule has 1 amide bonds. The van der Waals surface area contributed by atoms with Crippen LogP contribution in [0.1, 0.15) is 103 Å². The van der Waals surface area contributed by atoms with Gasteiger partial charge in [-0.1, -0.05) is 65.2 Å². The van der Waals surface area contributed by atoms with Crippen molar-refractivity contribution in [3.8, 4) is 0 Å².